The largest absolute Gasteiger partial charge is 0.204 e. The number of rotatable bonds is 1. The van der Waals surface area contributed by atoms with Gasteiger partial charge >= 0.3 is 0 Å². The van der Waals surface area contributed by atoms with Crippen molar-refractivity contribution in [2.24, 2.45) is 17.8 Å². The van der Waals surface area contributed by atoms with E-state index in [1.807, 2.05) is 6.07 Å². The quantitative estimate of drug-likeness (QED) is 0.568. The Morgan fingerprint density at radius 3 is 2.52 bits per heavy atom. The summed E-state index contributed by atoms with van der Waals surface area (Å²) < 4.78 is 27.2. The average Bonchev–Trinajstić information content (AvgIpc) is 2.57. The zero-order valence-corrected chi connectivity index (χ0v) is 13.7. The fourth-order valence-corrected chi connectivity index (χ4v) is 4.96. The molecule has 0 bridgehead atoms. The first-order valence-electron chi connectivity index (χ1n) is 8.99. The summed E-state index contributed by atoms with van der Waals surface area (Å²) in [5.41, 5.74) is 1.31. The van der Waals surface area contributed by atoms with E-state index < -0.39 is 11.6 Å². The molecule has 0 radical (unpaired) electrons. The van der Waals surface area contributed by atoms with Gasteiger partial charge in [-0.1, -0.05) is 37.6 Å². The van der Waals surface area contributed by atoms with Crippen LogP contribution in [0.15, 0.2) is 30.3 Å². The highest BCUT2D eigenvalue weighted by molar-refractivity contribution is 5.84. The highest BCUT2D eigenvalue weighted by Gasteiger charge is 2.34. The summed E-state index contributed by atoms with van der Waals surface area (Å²) in [6, 6.07) is 8.79. The smallest absolute Gasteiger partial charge is 0.166 e. The van der Waals surface area contributed by atoms with Gasteiger partial charge in [0.15, 0.2) is 11.6 Å². The number of halogens is 2. The highest BCUT2D eigenvalue weighted by Crippen LogP contribution is 2.47. The molecule has 2 heteroatoms. The van der Waals surface area contributed by atoms with Crippen molar-refractivity contribution in [1.29, 1.82) is 0 Å². The zero-order chi connectivity index (χ0) is 16.0. The monoisotopic (exact) mass is 314 g/mol. The molecule has 0 aromatic heterocycles. The predicted molar refractivity (Wildman–Crippen MR) is 90.5 cm³/mol. The van der Waals surface area contributed by atoms with Crippen LogP contribution in [-0.2, 0) is 0 Å². The molecule has 2 aliphatic rings. The third-order valence-corrected chi connectivity index (χ3v) is 6.28. The number of benzene rings is 2. The van der Waals surface area contributed by atoms with E-state index in [2.05, 4.69) is 13.0 Å². The fraction of sp³-hybridized carbons (Fsp3) is 0.524. The van der Waals surface area contributed by atoms with Gasteiger partial charge in [-0.3, -0.25) is 0 Å². The first-order valence-corrected chi connectivity index (χ1v) is 8.99. The maximum atomic E-state index is 13.9. The lowest BCUT2D eigenvalue weighted by Gasteiger charge is -2.41. The van der Waals surface area contributed by atoms with Crippen molar-refractivity contribution in [1.82, 2.24) is 0 Å². The Morgan fingerprint density at radius 2 is 1.65 bits per heavy atom. The van der Waals surface area contributed by atoms with Crippen molar-refractivity contribution >= 4 is 10.8 Å². The van der Waals surface area contributed by atoms with E-state index in [1.54, 1.807) is 12.1 Å². The maximum Gasteiger partial charge on any atom is 0.166 e. The Hall–Kier alpha value is -1.44. The van der Waals surface area contributed by atoms with Crippen LogP contribution in [0.4, 0.5) is 8.78 Å². The van der Waals surface area contributed by atoms with Crippen LogP contribution < -0.4 is 0 Å². The molecule has 2 aromatic carbocycles. The van der Waals surface area contributed by atoms with Crippen LogP contribution in [0.5, 0.6) is 0 Å². The highest BCUT2D eigenvalue weighted by atomic mass is 19.2. The van der Waals surface area contributed by atoms with Crippen LogP contribution >= 0.6 is 0 Å². The SMILES string of the molecule is CC1CCC2CC(c3ccc4c(F)c(F)ccc4c3)CCC2C1. The summed E-state index contributed by atoms with van der Waals surface area (Å²) in [6.45, 7) is 2.39. The third kappa shape index (κ3) is 2.77. The van der Waals surface area contributed by atoms with Gasteiger partial charge < -0.3 is 0 Å². The molecule has 0 aliphatic heterocycles. The second-order valence-electron chi connectivity index (χ2n) is 7.79. The zero-order valence-electron chi connectivity index (χ0n) is 13.7. The molecule has 0 nitrogen and oxygen atoms in total. The minimum Gasteiger partial charge on any atom is -0.204 e. The van der Waals surface area contributed by atoms with Gasteiger partial charge in [-0.05, 0) is 72.8 Å². The van der Waals surface area contributed by atoms with Crippen LogP contribution in [0.2, 0.25) is 0 Å². The molecule has 4 unspecified atom stereocenters. The standard InChI is InChI=1S/C21H24F2/c1-13-2-3-15-11-16(5-4-14(15)10-13)17-6-8-19-18(12-17)7-9-20(22)21(19)23/h6-9,12-16H,2-5,10-11H2,1H3. The van der Waals surface area contributed by atoms with Gasteiger partial charge in [0.1, 0.15) is 0 Å². The van der Waals surface area contributed by atoms with Crippen molar-refractivity contribution in [3.8, 4) is 0 Å². The lowest BCUT2D eigenvalue weighted by atomic mass is 9.64. The van der Waals surface area contributed by atoms with E-state index in [0.717, 1.165) is 23.1 Å². The van der Waals surface area contributed by atoms with Gasteiger partial charge in [0.25, 0.3) is 0 Å². The molecule has 2 aromatic rings. The Kier molecular flexibility index (Phi) is 3.87. The lowest BCUT2D eigenvalue weighted by molar-refractivity contribution is 0.124. The molecule has 23 heavy (non-hydrogen) atoms. The van der Waals surface area contributed by atoms with Gasteiger partial charge in [-0.25, -0.2) is 8.78 Å². The summed E-state index contributed by atoms with van der Waals surface area (Å²) in [7, 11) is 0. The molecule has 0 spiro atoms. The van der Waals surface area contributed by atoms with E-state index in [4.69, 9.17) is 0 Å². The van der Waals surface area contributed by atoms with Gasteiger partial charge in [-0.15, -0.1) is 0 Å². The molecule has 0 N–H and O–H groups in total. The van der Waals surface area contributed by atoms with E-state index in [0.29, 0.717) is 11.3 Å². The topological polar surface area (TPSA) is 0 Å². The van der Waals surface area contributed by atoms with Gasteiger partial charge in [0.2, 0.25) is 0 Å². The van der Waals surface area contributed by atoms with E-state index in [1.165, 1.54) is 50.2 Å². The molecule has 0 heterocycles. The third-order valence-electron chi connectivity index (χ3n) is 6.28. The van der Waals surface area contributed by atoms with Crippen LogP contribution in [0.25, 0.3) is 10.8 Å². The summed E-state index contributed by atoms with van der Waals surface area (Å²) in [5.74, 6) is 1.78. The first-order chi connectivity index (χ1) is 11.1. The number of fused-ring (bicyclic) bond motifs is 2. The van der Waals surface area contributed by atoms with Crippen LogP contribution in [0, 0.1) is 29.4 Å². The molecule has 4 rings (SSSR count). The van der Waals surface area contributed by atoms with Crippen LogP contribution in [-0.4, -0.2) is 0 Å². The van der Waals surface area contributed by atoms with Crippen molar-refractivity contribution < 1.29 is 8.78 Å². The molecule has 4 atom stereocenters. The van der Waals surface area contributed by atoms with Crippen molar-refractivity contribution in [2.75, 3.05) is 0 Å². The summed E-state index contributed by atoms with van der Waals surface area (Å²) in [5, 5.41) is 1.22. The minimum atomic E-state index is -0.762. The summed E-state index contributed by atoms with van der Waals surface area (Å²) >= 11 is 0. The van der Waals surface area contributed by atoms with Gasteiger partial charge in [0.05, 0.1) is 0 Å². The Bertz CT molecular complexity index is 721. The fourth-order valence-electron chi connectivity index (χ4n) is 4.96. The molecule has 0 amide bonds. The first kappa shape index (κ1) is 15.1. The maximum absolute atomic E-state index is 13.9. The second kappa shape index (κ2) is 5.89. The van der Waals surface area contributed by atoms with Crippen molar-refractivity contribution in [2.45, 2.75) is 51.4 Å². The van der Waals surface area contributed by atoms with E-state index in [-0.39, 0.29) is 0 Å². The Balaban J connectivity index is 1.59. The van der Waals surface area contributed by atoms with E-state index >= 15 is 0 Å². The number of hydrogen-bond donors (Lipinski definition) is 0. The van der Waals surface area contributed by atoms with Crippen LogP contribution in [0.1, 0.15) is 56.9 Å². The molecule has 0 saturated heterocycles. The summed E-state index contributed by atoms with van der Waals surface area (Å²) in [4.78, 5) is 0. The van der Waals surface area contributed by atoms with Crippen molar-refractivity contribution in [3.63, 3.8) is 0 Å². The van der Waals surface area contributed by atoms with E-state index in [9.17, 15) is 8.78 Å². The number of hydrogen-bond acceptors (Lipinski definition) is 0. The lowest BCUT2D eigenvalue weighted by Crippen LogP contribution is -2.29. The Morgan fingerprint density at radius 1 is 0.870 bits per heavy atom. The molecule has 2 aliphatic carbocycles. The second-order valence-corrected chi connectivity index (χ2v) is 7.79. The van der Waals surface area contributed by atoms with Gasteiger partial charge in [0, 0.05) is 5.39 Å². The molecule has 122 valence electrons. The van der Waals surface area contributed by atoms with Crippen LogP contribution in [0.3, 0.4) is 0 Å². The molecule has 2 saturated carbocycles. The Labute approximate surface area is 136 Å². The molecular weight excluding hydrogens is 290 g/mol. The predicted octanol–water partition coefficient (Wildman–Crippen LogP) is 6.44. The van der Waals surface area contributed by atoms with Gasteiger partial charge in [-0.2, -0.15) is 0 Å². The molecular formula is C21H24F2. The van der Waals surface area contributed by atoms with Crippen molar-refractivity contribution in [3.05, 3.63) is 47.5 Å². The minimum absolute atomic E-state index is 0.397. The average molecular weight is 314 g/mol. The molecule has 2 fully saturated rings. The summed E-state index contributed by atoms with van der Waals surface area (Å²) in [6.07, 6.45) is 7.98. The normalized spacial score (nSPS) is 31.1.